The van der Waals surface area contributed by atoms with E-state index in [4.69, 9.17) is 0 Å². The first-order valence-corrected chi connectivity index (χ1v) is 6.65. The molecule has 6 nitrogen and oxygen atoms in total. The van der Waals surface area contributed by atoms with Gasteiger partial charge in [0.1, 0.15) is 0 Å². The first-order chi connectivity index (χ1) is 9.47. The van der Waals surface area contributed by atoms with Gasteiger partial charge in [-0.15, -0.1) is 0 Å². The molecule has 1 saturated heterocycles. The third kappa shape index (κ3) is 3.40. The second-order valence-corrected chi connectivity index (χ2v) is 5.30. The fourth-order valence-electron chi connectivity index (χ4n) is 2.45. The number of aliphatic hydroxyl groups excluding tert-OH is 1. The maximum absolute atomic E-state index is 12.1. The largest absolute Gasteiger partial charge is 0.393 e. The molecule has 0 amide bonds. The Bertz CT molecular complexity index is 518. The van der Waals surface area contributed by atoms with Gasteiger partial charge in [0.2, 0.25) is 0 Å². The number of rotatable bonds is 4. The van der Waals surface area contributed by atoms with Gasteiger partial charge in [-0.05, 0) is 12.3 Å². The zero-order valence-electron chi connectivity index (χ0n) is 11.4. The van der Waals surface area contributed by atoms with Crippen LogP contribution in [0.3, 0.4) is 0 Å². The Kier molecular flexibility index (Phi) is 4.46. The summed E-state index contributed by atoms with van der Waals surface area (Å²) in [6.45, 7) is 3.53. The van der Waals surface area contributed by atoms with Gasteiger partial charge in [-0.25, -0.2) is 0 Å². The minimum Gasteiger partial charge on any atom is -0.393 e. The molecule has 0 aliphatic carbocycles. The van der Waals surface area contributed by atoms with Crippen molar-refractivity contribution in [2.24, 2.45) is 5.92 Å². The summed E-state index contributed by atoms with van der Waals surface area (Å²) in [7, 11) is 0. The van der Waals surface area contributed by atoms with Crippen LogP contribution in [0.15, 0.2) is 24.3 Å². The molecular weight excluding hydrogens is 260 g/mol. The van der Waals surface area contributed by atoms with E-state index >= 15 is 0 Å². The molecule has 1 aliphatic heterocycles. The molecule has 0 radical (unpaired) electrons. The summed E-state index contributed by atoms with van der Waals surface area (Å²) >= 11 is 0. The highest BCUT2D eigenvalue weighted by Gasteiger charge is 2.25. The molecule has 0 bridgehead atoms. The van der Waals surface area contributed by atoms with Crippen LogP contribution in [-0.4, -0.2) is 46.5 Å². The van der Waals surface area contributed by atoms with Crippen molar-refractivity contribution in [2.45, 2.75) is 19.4 Å². The fraction of sp³-hybridized carbons (Fsp3) is 0.500. The number of piperidine rings is 1. The number of likely N-dealkylation sites (tertiary alicyclic amines) is 1. The number of non-ortho nitro benzene ring substituents is 1. The maximum Gasteiger partial charge on any atom is 0.270 e. The molecule has 0 aromatic heterocycles. The van der Waals surface area contributed by atoms with E-state index in [9.17, 15) is 20.0 Å². The lowest BCUT2D eigenvalue weighted by Gasteiger charge is -2.33. The van der Waals surface area contributed by atoms with Gasteiger partial charge < -0.3 is 5.11 Å². The summed E-state index contributed by atoms with van der Waals surface area (Å²) in [4.78, 5) is 24.3. The number of hydrogen-bond acceptors (Lipinski definition) is 5. The third-order valence-corrected chi connectivity index (χ3v) is 3.69. The Balaban J connectivity index is 2.01. The number of Topliss-reactive ketones (excluding diaryl/α,β-unsaturated/α-hetero) is 1. The fourth-order valence-corrected chi connectivity index (χ4v) is 2.45. The summed E-state index contributed by atoms with van der Waals surface area (Å²) in [5.41, 5.74) is 0.288. The second kappa shape index (κ2) is 6.11. The van der Waals surface area contributed by atoms with E-state index < -0.39 is 4.92 Å². The lowest BCUT2D eigenvalue weighted by molar-refractivity contribution is -0.384. The average Bonchev–Trinajstić information content (AvgIpc) is 2.43. The average molecular weight is 278 g/mol. The monoisotopic (exact) mass is 278 g/mol. The number of carbonyl (C=O) groups is 1. The van der Waals surface area contributed by atoms with Gasteiger partial charge in [0.15, 0.2) is 5.78 Å². The van der Waals surface area contributed by atoms with Gasteiger partial charge in [-0.3, -0.25) is 19.8 Å². The van der Waals surface area contributed by atoms with Gasteiger partial charge in [0.05, 0.1) is 17.6 Å². The highest BCUT2D eigenvalue weighted by molar-refractivity contribution is 5.98. The van der Waals surface area contributed by atoms with E-state index in [1.165, 1.54) is 18.2 Å². The highest BCUT2D eigenvalue weighted by atomic mass is 16.6. The van der Waals surface area contributed by atoms with E-state index in [1.54, 1.807) is 6.07 Å². The van der Waals surface area contributed by atoms with E-state index in [0.29, 0.717) is 25.1 Å². The molecule has 1 aromatic rings. The summed E-state index contributed by atoms with van der Waals surface area (Å²) in [5, 5.41) is 20.4. The second-order valence-electron chi connectivity index (χ2n) is 5.30. The third-order valence-electron chi connectivity index (χ3n) is 3.69. The Labute approximate surface area is 117 Å². The van der Waals surface area contributed by atoms with Crippen LogP contribution in [0.4, 0.5) is 5.69 Å². The molecule has 20 heavy (non-hydrogen) atoms. The van der Waals surface area contributed by atoms with Crippen LogP contribution in [0.25, 0.3) is 0 Å². The number of ketones is 1. The van der Waals surface area contributed by atoms with Crippen LogP contribution in [0.1, 0.15) is 23.7 Å². The number of nitro benzene ring substituents is 1. The van der Waals surface area contributed by atoms with Gasteiger partial charge in [0.25, 0.3) is 5.69 Å². The minimum absolute atomic E-state index is 0.0710. The Morgan fingerprint density at radius 1 is 1.55 bits per heavy atom. The molecule has 1 fully saturated rings. The molecule has 1 aliphatic rings. The highest BCUT2D eigenvalue weighted by Crippen LogP contribution is 2.18. The van der Waals surface area contributed by atoms with Crippen LogP contribution in [0, 0.1) is 16.0 Å². The van der Waals surface area contributed by atoms with Gasteiger partial charge in [-0.2, -0.15) is 0 Å². The Morgan fingerprint density at radius 2 is 2.30 bits per heavy atom. The Hall–Kier alpha value is -1.79. The predicted molar refractivity (Wildman–Crippen MR) is 73.7 cm³/mol. The minimum atomic E-state index is -0.504. The zero-order valence-corrected chi connectivity index (χ0v) is 11.4. The molecule has 2 unspecified atom stereocenters. The van der Waals surface area contributed by atoms with Crippen molar-refractivity contribution >= 4 is 11.5 Å². The zero-order chi connectivity index (χ0) is 14.7. The first kappa shape index (κ1) is 14.6. The number of benzene rings is 1. The molecule has 2 atom stereocenters. The van der Waals surface area contributed by atoms with Crippen molar-refractivity contribution in [3.8, 4) is 0 Å². The van der Waals surface area contributed by atoms with Crippen molar-refractivity contribution in [2.75, 3.05) is 19.6 Å². The molecule has 1 aromatic carbocycles. The summed E-state index contributed by atoms with van der Waals surface area (Å²) < 4.78 is 0. The number of carbonyl (C=O) groups excluding carboxylic acids is 1. The van der Waals surface area contributed by atoms with E-state index in [0.717, 1.165) is 0 Å². The predicted octanol–water partition coefficient (Wildman–Crippen LogP) is 1.48. The van der Waals surface area contributed by atoms with Crippen molar-refractivity contribution < 1.29 is 14.8 Å². The first-order valence-electron chi connectivity index (χ1n) is 6.65. The molecule has 108 valence electrons. The smallest absolute Gasteiger partial charge is 0.270 e. The topological polar surface area (TPSA) is 83.7 Å². The van der Waals surface area contributed by atoms with Crippen LogP contribution < -0.4 is 0 Å². The van der Waals surface area contributed by atoms with Crippen molar-refractivity contribution in [1.29, 1.82) is 0 Å². The quantitative estimate of drug-likeness (QED) is 0.512. The van der Waals surface area contributed by atoms with Crippen LogP contribution in [0.2, 0.25) is 0 Å². The van der Waals surface area contributed by atoms with Crippen LogP contribution in [-0.2, 0) is 0 Å². The van der Waals surface area contributed by atoms with Gasteiger partial charge >= 0.3 is 0 Å². The van der Waals surface area contributed by atoms with Crippen molar-refractivity contribution in [3.05, 3.63) is 39.9 Å². The molecule has 0 saturated carbocycles. The van der Waals surface area contributed by atoms with E-state index in [-0.39, 0.29) is 30.0 Å². The molecule has 1 N–H and O–H groups in total. The van der Waals surface area contributed by atoms with E-state index in [2.05, 4.69) is 0 Å². The van der Waals surface area contributed by atoms with Gasteiger partial charge in [0, 0.05) is 30.8 Å². The number of hydrogen-bond donors (Lipinski definition) is 1. The summed E-state index contributed by atoms with van der Waals surface area (Å²) in [6, 6.07) is 5.80. The van der Waals surface area contributed by atoms with Crippen molar-refractivity contribution in [3.63, 3.8) is 0 Å². The molecule has 6 heteroatoms. The molecular formula is C14H18N2O4. The lowest BCUT2D eigenvalue weighted by atomic mass is 9.96. The molecule has 2 rings (SSSR count). The SMILES string of the molecule is CC1CN(CC(=O)c2cccc([N+](=O)[O-])c2)CCC1O. The number of nitrogens with zero attached hydrogens (tertiary/aromatic N) is 2. The molecule has 1 heterocycles. The van der Waals surface area contributed by atoms with Crippen molar-refractivity contribution in [1.82, 2.24) is 4.90 Å². The lowest BCUT2D eigenvalue weighted by Crippen LogP contribution is -2.44. The molecule has 0 spiro atoms. The van der Waals surface area contributed by atoms with Gasteiger partial charge in [-0.1, -0.05) is 19.1 Å². The van der Waals surface area contributed by atoms with Crippen LogP contribution in [0.5, 0.6) is 0 Å². The number of nitro groups is 1. The standard InChI is InChI=1S/C14H18N2O4/c1-10-8-15(6-5-13(10)17)9-14(18)11-3-2-4-12(7-11)16(19)20/h2-4,7,10,13,17H,5-6,8-9H2,1H3. The maximum atomic E-state index is 12.1. The van der Waals surface area contributed by atoms with E-state index in [1.807, 2.05) is 11.8 Å². The Morgan fingerprint density at radius 3 is 2.95 bits per heavy atom. The summed E-state index contributed by atoms with van der Waals surface area (Å²) in [5.74, 6) is 0.0129. The van der Waals surface area contributed by atoms with Crippen LogP contribution >= 0.6 is 0 Å². The number of aliphatic hydroxyl groups is 1. The summed E-state index contributed by atoms with van der Waals surface area (Å²) in [6.07, 6.45) is 0.350. The normalized spacial score (nSPS) is 23.5.